The van der Waals surface area contributed by atoms with Gasteiger partial charge in [0.15, 0.2) is 5.96 Å². The van der Waals surface area contributed by atoms with Crippen LogP contribution >= 0.6 is 0 Å². The van der Waals surface area contributed by atoms with Gasteiger partial charge in [-0.1, -0.05) is 35.9 Å². The molecule has 28 heavy (non-hydrogen) atoms. The highest BCUT2D eigenvalue weighted by molar-refractivity contribution is 7.89. The fourth-order valence-corrected chi connectivity index (χ4v) is 4.21. The van der Waals surface area contributed by atoms with E-state index in [9.17, 15) is 8.42 Å². The molecule has 0 aromatic heterocycles. The molecule has 1 aliphatic carbocycles. The zero-order valence-electron chi connectivity index (χ0n) is 16.6. The molecule has 3 rings (SSSR count). The van der Waals surface area contributed by atoms with E-state index in [1.54, 1.807) is 19.2 Å². The molecule has 150 valence electrons. The van der Waals surface area contributed by atoms with Crippen molar-refractivity contribution in [1.29, 1.82) is 0 Å². The van der Waals surface area contributed by atoms with Crippen LogP contribution in [0.3, 0.4) is 0 Å². The third-order valence-electron chi connectivity index (χ3n) is 4.76. The number of nitrogens with zero attached hydrogens (tertiary/aromatic N) is 1. The Morgan fingerprint density at radius 3 is 2.32 bits per heavy atom. The molecule has 0 unspecified atom stereocenters. The third-order valence-corrected chi connectivity index (χ3v) is 6.30. The summed E-state index contributed by atoms with van der Waals surface area (Å²) >= 11 is 0. The first-order valence-corrected chi connectivity index (χ1v) is 11.0. The SMILES string of the molecule is CN=C(NCc1ccc(S(=O)(=O)NC2CC2)cc1)NCc1ccc(C)cc1C. The molecule has 0 atom stereocenters. The fourth-order valence-electron chi connectivity index (χ4n) is 2.90. The Labute approximate surface area is 167 Å². The van der Waals surface area contributed by atoms with Crippen molar-refractivity contribution in [1.82, 2.24) is 15.4 Å². The lowest BCUT2D eigenvalue weighted by Crippen LogP contribution is -2.36. The molecule has 0 spiro atoms. The number of guanidine groups is 1. The molecule has 1 fully saturated rings. The molecule has 3 N–H and O–H groups in total. The molecule has 0 radical (unpaired) electrons. The molecule has 0 amide bonds. The van der Waals surface area contributed by atoms with E-state index in [4.69, 9.17) is 0 Å². The third kappa shape index (κ3) is 5.56. The Morgan fingerprint density at radius 1 is 1.04 bits per heavy atom. The molecule has 0 heterocycles. The maximum Gasteiger partial charge on any atom is 0.240 e. The van der Waals surface area contributed by atoms with Crippen molar-refractivity contribution in [2.45, 2.75) is 50.7 Å². The normalized spacial score (nSPS) is 14.8. The van der Waals surface area contributed by atoms with Gasteiger partial charge in [0, 0.05) is 26.2 Å². The second-order valence-corrected chi connectivity index (χ2v) is 8.96. The number of hydrogen-bond acceptors (Lipinski definition) is 3. The molecule has 0 bridgehead atoms. The lowest BCUT2D eigenvalue weighted by Gasteiger charge is -2.14. The largest absolute Gasteiger partial charge is 0.352 e. The van der Waals surface area contributed by atoms with Crippen molar-refractivity contribution in [2.75, 3.05) is 7.05 Å². The quantitative estimate of drug-likeness (QED) is 0.493. The maximum absolute atomic E-state index is 12.2. The van der Waals surface area contributed by atoms with E-state index in [2.05, 4.69) is 52.4 Å². The molecule has 2 aromatic carbocycles. The summed E-state index contributed by atoms with van der Waals surface area (Å²) in [6, 6.07) is 13.4. The highest BCUT2D eigenvalue weighted by Gasteiger charge is 2.27. The number of aryl methyl sites for hydroxylation is 2. The average molecular weight is 401 g/mol. The van der Waals surface area contributed by atoms with Gasteiger partial charge in [-0.05, 0) is 55.5 Å². The number of nitrogens with one attached hydrogen (secondary N) is 3. The van der Waals surface area contributed by atoms with Crippen LogP contribution in [0.25, 0.3) is 0 Å². The van der Waals surface area contributed by atoms with E-state index in [1.807, 2.05) is 12.1 Å². The Balaban J connectivity index is 1.53. The summed E-state index contributed by atoms with van der Waals surface area (Å²) in [5, 5.41) is 6.57. The van der Waals surface area contributed by atoms with Crippen molar-refractivity contribution < 1.29 is 8.42 Å². The van der Waals surface area contributed by atoms with E-state index < -0.39 is 10.0 Å². The zero-order chi connectivity index (χ0) is 20.1. The van der Waals surface area contributed by atoms with Crippen molar-refractivity contribution in [2.24, 2.45) is 4.99 Å². The topological polar surface area (TPSA) is 82.6 Å². The van der Waals surface area contributed by atoms with E-state index in [0.29, 0.717) is 23.9 Å². The van der Waals surface area contributed by atoms with Crippen LogP contribution in [-0.2, 0) is 23.1 Å². The molecule has 0 aliphatic heterocycles. The molecule has 2 aromatic rings. The predicted molar refractivity (Wildman–Crippen MR) is 113 cm³/mol. The Hall–Kier alpha value is -2.38. The van der Waals surface area contributed by atoms with Gasteiger partial charge in [-0.2, -0.15) is 0 Å². The number of sulfonamides is 1. The Bertz CT molecular complexity index is 949. The number of rotatable bonds is 7. The Morgan fingerprint density at radius 2 is 1.71 bits per heavy atom. The molecule has 1 aliphatic rings. The van der Waals surface area contributed by atoms with Gasteiger partial charge in [-0.25, -0.2) is 13.1 Å². The first-order valence-electron chi connectivity index (χ1n) is 9.49. The number of aliphatic imine (C=N–C) groups is 1. The van der Waals surface area contributed by atoms with E-state index in [-0.39, 0.29) is 6.04 Å². The van der Waals surface area contributed by atoms with Gasteiger partial charge >= 0.3 is 0 Å². The van der Waals surface area contributed by atoms with Gasteiger partial charge in [0.2, 0.25) is 10.0 Å². The van der Waals surface area contributed by atoms with Crippen molar-refractivity contribution in [3.8, 4) is 0 Å². The summed E-state index contributed by atoms with van der Waals surface area (Å²) in [5.41, 5.74) is 4.72. The van der Waals surface area contributed by atoms with Crippen LogP contribution in [0.15, 0.2) is 52.4 Å². The van der Waals surface area contributed by atoms with Crippen molar-refractivity contribution in [3.63, 3.8) is 0 Å². The summed E-state index contributed by atoms with van der Waals surface area (Å²) in [6.07, 6.45) is 1.85. The summed E-state index contributed by atoms with van der Waals surface area (Å²) in [7, 11) is -1.67. The number of benzene rings is 2. The highest BCUT2D eigenvalue weighted by atomic mass is 32.2. The minimum absolute atomic E-state index is 0.109. The van der Waals surface area contributed by atoms with Crippen LogP contribution in [0.1, 0.15) is 35.1 Å². The van der Waals surface area contributed by atoms with Gasteiger partial charge in [0.05, 0.1) is 4.90 Å². The molecule has 0 saturated heterocycles. The summed E-state index contributed by atoms with van der Waals surface area (Å²) in [5.74, 6) is 0.701. The van der Waals surface area contributed by atoms with E-state index in [1.165, 1.54) is 16.7 Å². The minimum atomic E-state index is -3.40. The van der Waals surface area contributed by atoms with Crippen LogP contribution in [0.4, 0.5) is 0 Å². The molecular weight excluding hydrogens is 372 g/mol. The maximum atomic E-state index is 12.2. The van der Waals surface area contributed by atoms with Gasteiger partial charge in [-0.15, -0.1) is 0 Å². The average Bonchev–Trinajstić information content (AvgIpc) is 3.47. The smallest absolute Gasteiger partial charge is 0.240 e. The number of hydrogen-bond donors (Lipinski definition) is 3. The van der Waals surface area contributed by atoms with Gasteiger partial charge < -0.3 is 10.6 Å². The van der Waals surface area contributed by atoms with Gasteiger partial charge in [0.1, 0.15) is 0 Å². The lowest BCUT2D eigenvalue weighted by molar-refractivity contribution is 0.581. The molecule has 6 nitrogen and oxygen atoms in total. The van der Waals surface area contributed by atoms with Gasteiger partial charge in [-0.3, -0.25) is 4.99 Å². The monoisotopic (exact) mass is 400 g/mol. The Kier molecular flexibility index (Phi) is 6.36. The summed E-state index contributed by atoms with van der Waals surface area (Å²) in [4.78, 5) is 4.56. The molecule has 1 saturated carbocycles. The van der Waals surface area contributed by atoms with Crippen LogP contribution in [-0.4, -0.2) is 27.5 Å². The van der Waals surface area contributed by atoms with Crippen LogP contribution in [0, 0.1) is 13.8 Å². The zero-order valence-corrected chi connectivity index (χ0v) is 17.4. The van der Waals surface area contributed by atoms with Crippen LogP contribution < -0.4 is 15.4 Å². The van der Waals surface area contributed by atoms with Gasteiger partial charge in [0.25, 0.3) is 0 Å². The molecular formula is C21H28N4O2S. The summed E-state index contributed by atoms with van der Waals surface area (Å²) < 4.78 is 27.1. The standard InChI is InChI=1S/C21H28N4O2S/c1-15-4-7-18(16(2)12-15)14-24-21(22-3)23-13-17-5-10-20(11-6-17)28(26,27)25-19-8-9-19/h4-7,10-12,19,25H,8-9,13-14H2,1-3H3,(H2,22,23,24). The highest BCUT2D eigenvalue weighted by Crippen LogP contribution is 2.22. The summed E-state index contributed by atoms with van der Waals surface area (Å²) in [6.45, 7) is 5.44. The van der Waals surface area contributed by atoms with Crippen LogP contribution in [0.5, 0.6) is 0 Å². The first-order chi connectivity index (χ1) is 13.4. The second kappa shape index (κ2) is 8.75. The second-order valence-electron chi connectivity index (χ2n) is 7.25. The van der Waals surface area contributed by atoms with Crippen molar-refractivity contribution in [3.05, 3.63) is 64.7 Å². The first kappa shape index (κ1) is 20.4. The minimum Gasteiger partial charge on any atom is -0.352 e. The van der Waals surface area contributed by atoms with Crippen molar-refractivity contribution >= 4 is 16.0 Å². The van der Waals surface area contributed by atoms with E-state index >= 15 is 0 Å². The molecule has 7 heteroatoms. The lowest BCUT2D eigenvalue weighted by atomic mass is 10.1. The fraction of sp³-hybridized carbons (Fsp3) is 0.381. The van der Waals surface area contributed by atoms with Crippen LogP contribution in [0.2, 0.25) is 0 Å². The predicted octanol–water partition coefficient (Wildman–Crippen LogP) is 2.61. The van der Waals surface area contributed by atoms with E-state index in [0.717, 1.165) is 18.4 Å².